The summed E-state index contributed by atoms with van der Waals surface area (Å²) < 4.78 is 5.63. The van der Waals surface area contributed by atoms with Crippen molar-refractivity contribution in [1.29, 1.82) is 0 Å². The van der Waals surface area contributed by atoms with Gasteiger partial charge >= 0.3 is 5.97 Å². The Bertz CT molecular complexity index is 284. The second-order valence-corrected chi connectivity index (χ2v) is 6.30. The number of rotatable bonds is 4. The minimum Gasteiger partial charge on any atom is -0.462 e. The van der Waals surface area contributed by atoms with Crippen LogP contribution in [0.15, 0.2) is 0 Å². The summed E-state index contributed by atoms with van der Waals surface area (Å²) in [4.78, 5) is 12.0. The van der Waals surface area contributed by atoms with E-state index in [4.69, 9.17) is 10.5 Å². The number of carbonyl (C=O) groups excluding carboxylic acids is 1. The van der Waals surface area contributed by atoms with Gasteiger partial charge in [-0.1, -0.05) is 32.6 Å². The number of hydrogen-bond acceptors (Lipinski definition) is 3. The van der Waals surface area contributed by atoms with E-state index in [1.165, 1.54) is 19.3 Å². The Hall–Kier alpha value is -0.570. The third-order valence-electron chi connectivity index (χ3n) is 4.71. The summed E-state index contributed by atoms with van der Waals surface area (Å²) >= 11 is 0. The van der Waals surface area contributed by atoms with Gasteiger partial charge in [-0.2, -0.15) is 0 Å². The summed E-state index contributed by atoms with van der Waals surface area (Å²) in [6.45, 7) is 2.22. The van der Waals surface area contributed by atoms with Crippen molar-refractivity contribution >= 4 is 5.97 Å². The summed E-state index contributed by atoms with van der Waals surface area (Å²) in [6.07, 6.45) is 10.6. The molecule has 2 aliphatic rings. The Morgan fingerprint density at radius 2 is 2.00 bits per heavy atom. The average molecular weight is 253 g/mol. The molecule has 2 rings (SSSR count). The molecule has 2 fully saturated rings. The Kier molecular flexibility index (Phi) is 4.66. The third-order valence-corrected chi connectivity index (χ3v) is 4.71. The molecule has 0 heterocycles. The molecule has 0 amide bonds. The van der Waals surface area contributed by atoms with E-state index in [0.29, 0.717) is 6.42 Å². The Morgan fingerprint density at radius 3 is 2.67 bits per heavy atom. The summed E-state index contributed by atoms with van der Waals surface area (Å²) in [5.41, 5.74) is 5.95. The molecule has 18 heavy (non-hydrogen) atoms. The summed E-state index contributed by atoms with van der Waals surface area (Å²) in [5.74, 6) is 0.677. The van der Waals surface area contributed by atoms with Crippen molar-refractivity contribution in [3.05, 3.63) is 0 Å². The van der Waals surface area contributed by atoms with E-state index in [1.807, 2.05) is 0 Å². The summed E-state index contributed by atoms with van der Waals surface area (Å²) in [7, 11) is 0. The first-order valence-electron chi connectivity index (χ1n) is 7.60. The largest absolute Gasteiger partial charge is 0.462 e. The molecule has 2 N–H and O–H groups in total. The molecule has 0 aliphatic heterocycles. The second kappa shape index (κ2) is 6.05. The molecular formula is C15H27NO2. The molecule has 2 unspecified atom stereocenters. The van der Waals surface area contributed by atoms with E-state index < -0.39 is 0 Å². The van der Waals surface area contributed by atoms with Crippen LogP contribution in [0.5, 0.6) is 0 Å². The lowest BCUT2D eigenvalue weighted by molar-refractivity contribution is -0.152. The maximum absolute atomic E-state index is 12.0. The number of ether oxygens (including phenoxy) is 1. The number of nitrogens with two attached hydrogens (primary N) is 1. The lowest BCUT2D eigenvalue weighted by atomic mass is 9.85. The maximum Gasteiger partial charge on any atom is 0.307 e. The summed E-state index contributed by atoms with van der Waals surface area (Å²) in [6, 6.07) is 0. The molecule has 2 aliphatic carbocycles. The molecule has 104 valence electrons. The van der Waals surface area contributed by atoms with Gasteiger partial charge < -0.3 is 10.5 Å². The molecule has 3 heteroatoms. The van der Waals surface area contributed by atoms with Crippen LogP contribution in [0.2, 0.25) is 0 Å². The van der Waals surface area contributed by atoms with Crippen molar-refractivity contribution < 1.29 is 9.53 Å². The van der Waals surface area contributed by atoms with E-state index in [9.17, 15) is 4.79 Å². The van der Waals surface area contributed by atoms with Gasteiger partial charge in [-0.15, -0.1) is 0 Å². The SMILES string of the molecule is CCC1CCCC(OC(=O)CC2(N)CCCC2)C1. The molecule has 0 saturated heterocycles. The lowest BCUT2D eigenvalue weighted by Gasteiger charge is -2.29. The number of carbonyl (C=O) groups is 1. The molecule has 0 aromatic rings. The van der Waals surface area contributed by atoms with Crippen molar-refractivity contribution in [3.8, 4) is 0 Å². The van der Waals surface area contributed by atoms with Crippen molar-refractivity contribution in [2.45, 2.75) is 82.8 Å². The van der Waals surface area contributed by atoms with Gasteiger partial charge in [0.25, 0.3) is 0 Å². The predicted octanol–water partition coefficient (Wildman–Crippen LogP) is 3.16. The lowest BCUT2D eigenvalue weighted by Crippen LogP contribution is -2.40. The van der Waals surface area contributed by atoms with Gasteiger partial charge in [-0.05, 0) is 38.0 Å². The van der Waals surface area contributed by atoms with E-state index in [0.717, 1.165) is 44.4 Å². The standard InChI is InChI=1S/C15H27NO2/c1-2-12-6-5-7-13(10-12)18-14(17)11-15(16)8-3-4-9-15/h12-13H,2-11,16H2,1H3. The Balaban J connectivity index is 1.76. The number of hydrogen-bond donors (Lipinski definition) is 1. The highest BCUT2D eigenvalue weighted by atomic mass is 16.5. The fourth-order valence-corrected chi connectivity index (χ4v) is 3.49. The van der Waals surface area contributed by atoms with Crippen molar-refractivity contribution in [3.63, 3.8) is 0 Å². The average Bonchev–Trinajstić information content (AvgIpc) is 2.75. The van der Waals surface area contributed by atoms with Crippen molar-refractivity contribution in [1.82, 2.24) is 0 Å². The van der Waals surface area contributed by atoms with E-state index in [1.54, 1.807) is 0 Å². The highest BCUT2D eigenvalue weighted by Crippen LogP contribution is 2.32. The fourth-order valence-electron chi connectivity index (χ4n) is 3.49. The zero-order valence-electron chi connectivity index (χ0n) is 11.6. The van der Waals surface area contributed by atoms with Crippen LogP contribution in [-0.4, -0.2) is 17.6 Å². The van der Waals surface area contributed by atoms with E-state index in [2.05, 4.69) is 6.92 Å². The molecule has 0 aromatic carbocycles. The molecule has 0 radical (unpaired) electrons. The monoisotopic (exact) mass is 253 g/mol. The van der Waals surface area contributed by atoms with Gasteiger partial charge in [0, 0.05) is 5.54 Å². The van der Waals surface area contributed by atoms with Crippen LogP contribution < -0.4 is 5.73 Å². The first-order chi connectivity index (χ1) is 8.61. The molecule has 3 nitrogen and oxygen atoms in total. The summed E-state index contributed by atoms with van der Waals surface area (Å²) in [5, 5.41) is 0. The van der Waals surface area contributed by atoms with E-state index >= 15 is 0 Å². The third kappa shape index (κ3) is 3.71. The van der Waals surface area contributed by atoms with Crippen LogP contribution in [0.4, 0.5) is 0 Å². The van der Waals surface area contributed by atoms with Gasteiger partial charge in [0.2, 0.25) is 0 Å². The van der Waals surface area contributed by atoms with Gasteiger partial charge in [0.15, 0.2) is 0 Å². The van der Waals surface area contributed by atoms with Crippen molar-refractivity contribution in [2.24, 2.45) is 11.7 Å². The first-order valence-corrected chi connectivity index (χ1v) is 7.60. The van der Waals surface area contributed by atoms with Crippen LogP contribution in [-0.2, 0) is 9.53 Å². The van der Waals surface area contributed by atoms with Gasteiger partial charge in [-0.3, -0.25) is 4.79 Å². The van der Waals surface area contributed by atoms with Crippen molar-refractivity contribution in [2.75, 3.05) is 0 Å². The second-order valence-electron chi connectivity index (χ2n) is 6.30. The highest BCUT2D eigenvalue weighted by molar-refractivity contribution is 5.71. The quantitative estimate of drug-likeness (QED) is 0.783. The van der Waals surface area contributed by atoms with Crippen LogP contribution in [0, 0.1) is 5.92 Å². The Morgan fingerprint density at radius 1 is 1.28 bits per heavy atom. The molecule has 0 bridgehead atoms. The van der Waals surface area contributed by atoms with Gasteiger partial charge in [0.1, 0.15) is 6.10 Å². The fraction of sp³-hybridized carbons (Fsp3) is 0.933. The minimum atomic E-state index is -0.268. The zero-order valence-corrected chi connectivity index (χ0v) is 11.6. The number of esters is 1. The zero-order chi connectivity index (χ0) is 13.0. The normalized spacial score (nSPS) is 31.2. The van der Waals surface area contributed by atoms with Crippen LogP contribution in [0.3, 0.4) is 0 Å². The topological polar surface area (TPSA) is 52.3 Å². The molecule has 2 atom stereocenters. The van der Waals surface area contributed by atoms with Gasteiger partial charge in [-0.25, -0.2) is 0 Å². The van der Waals surface area contributed by atoms with E-state index in [-0.39, 0.29) is 17.6 Å². The van der Waals surface area contributed by atoms with Gasteiger partial charge in [0.05, 0.1) is 6.42 Å². The Labute approximate surface area is 110 Å². The smallest absolute Gasteiger partial charge is 0.307 e. The first kappa shape index (κ1) is 13.9. The van der Waals surface area contributed by atoms with Crippen LogP contribution >= 0.6 is 0 Å². The van der Waals surface area contributed by atoms with Crippen LogP contribution in [0.25, 0.3) is 0 Å². The molecule has 0 spiro atoms. The highest BCUT2D eigenvalue weighted by Gasteiger charge is 2.33. The van der Waals surface area contributed by atoms with Crippen LogP contribution in [0.1, 0.15) is 71.1 Å². The minimum absolute atomic E-state index is 0.0684. The molecular weight excluding hydrogens is 226 g/mol. The molecule has 2 saturated carbocycles. The molecule has 0 aromatic heterocycles. The predicted molar refractivity (Wildman–Crippen MR) is 72.1 cm³/mol. The maximum atomic E-state index is 12.0.